The van der Waals surface area contributed by atoms with Gasteiger partial charge in [-0.05, 0) is 31.5 Å². The van der Waals surface area contributed by atoms with Crippen LogP contribution >= 0.6 is 11.3 Å². The Kier molecular flexibility index (Phi) is 5.68. The second-order valence-corrected chi connectivity index (χ2v) is 7.32. The molecule has 4 nitrogen and oxygen atoms in total. The Morgan fingerprint density at radius 2 is 1.65 bits per heavy atom. The normalized spacial score (nSPS) is 10.6. The molecule has 0 atom stereocenters. The second kappa shape index (κ2) is 8.15. The summed E-state index contributed by atoms with van der Waals surface area (Å²) >= 11 is 1.44. The Morgan fingerprint density at radius 1 is 1.04 bits per heavy atom. The summed E-state index contributed by atoms with van der Waals surface area (Å²) < 4.78 is 5.73. The molecule has 0 saturated heterocycles. The van der Waals surface area contributed by atoms with Gasteiger partial charge in [0.15, 0.2) is 0 Å². The molecule has 134 valence electrons. The van der Waals surface area contributed by atoms with E-state index in [2.05, 4.69) is 17.1 Å². The summed E-state index contributed by atoms with van der Waals surface area (Å²) in [5.41, 5.74) is 3.97. The van der Waals surface area contributed by atoms with E-state index in [0.717, 1.165) is 16.3 Å². The number of benzene rings is 2. The summed E-state index contributed by atoms with van der Waals surface area (Å²) in [6.07, 6.45) is 0. The molecule has 0 N–H and O–H groups in total. The Labute approximate surface area is 158 Å². The van der Waals surface area contributed by atoms with Gasteiger partial charge in [0.1, 0.15) is 23.1 Å². The van der Waals surface area contributed by atoms with Crippen molar-refractivity contribution in [2.75, 3.05) is 7.05 Å². The van der Waals surface area contributed by atoms with Crippen molar-refractivity contribution in [1.82, 2.24) is 9.88 Å². The van der Waals surface area contributed by atoms with Crippen LogP contribution < -0.4 is 4.74 Å². The zero-order valence-corrected chi connectivity index (χ0v) is 16.0. The largest absolute Gasteiger partial charge is 0.486 e. The van der Waals surface area contributed by atoms with Crippen LogP contribution in [0.25, 0.3) is 0 Å². The van der Waals surface area contributed by atoms with Gasteiger partial charge < -0.3 is 9.64 Å². The van der Waals surface area contributed by atoms with E-state index in [-0.39, 0.29) is 5.91 Å². The first-order valence-electron chi connectivity index (χ1n) is 8.46. The van der Waals surface area contributed by atoms with Crippen LogP contribution in [0, 0.1) is 13.8 Å². The summed E-state index contributed by atoms with van der Waals surface area (Å²) in [5, 5.41) is 2.58. The number of rotatable bonds is 6. The molecule has 2 aromatic carbocycles. The van der Waals surface area contributed by atoms with Crippen LogP contribution in [0.2, 0.25) is 0 Å². The van der Waals surface area contributed by atoms with Gasteiger partial charge in [0.05, 0.1) is 0 Å². The molecule has 0 spiro atoms. The summed E-state index contributed by atoms with van der Waals surface area (Å²) in [4.78, 5) is 18.7. The van der Waals surface area contributed by atoms with Gasteiger partial charge in [-0.15, -0.1) is 11.3 Å². The van der Waals surface area contributed by atoms with Crippen molar-refractivity contribution in [2.24, 2.45) is 0 Å². The lowest BCUT2D eigenvalue weighted by Crippen LogP contribution is -2.26. The monoisotopic (exact) mass is 366 g/mol. The number of hydrogen-bond acceptors (Lipinski definition) is 4. The lowest BCUT2D eigenvalue weighted by atomic mass is 10.1. The fraction of sp³-hybridized carbons (Fsp3) is 0.238. The SMILES string of the molecule is Cc1ccc(CN(C)C(=O)c2csc(COc3ccc(C)cc3)n2)cc1. The van der Waals surface area contributed by atoms with Crippen LogP contribution in [0.15, 0.2) is 53.9 Å². The van der Waals surface area contributed by atoms with Crippen molar-refractivity contribution < 1.29 is 9.53 Å². The first kappa shape index (κ1) is 18.1. The van der Waals surface area contributed by atoms with E-state index in [0.29, 0.717) is 18.8 Å². The van der Waals surface area contributed by atoms with Gasteiger partial charge in [-0.3, -0.25) is 4.79 Å². The van der Waals surface area contributed by atoms with Crippen molar-refractivity contribution in [1.29, 1.82) is 0 Å². The molecule has 0 saturated carbocycles. The molecule has 0 fully saturated rings. The smallest absolute Gasteiger partial charge is 0.273 e. The molecule has 1 aromatic heterocycles. The van der Waals surface area contributed by atoms with Crippen LogP contribution in [0.1, 0.15) is 32.2 Å². The number of carbonyl (C=O) groups is 1. The first-order chi connectivity index (χ1) is 12.5. The minimum absolute atomic E-state index is 0.0802. The highest BCUT2D eigenvalue weighted by atomic mass is 32.1. The van der Waals surface area contributed by atoms with Crippen LogP contribution in [0.4, 0.5) is 0 Å². The zero-order chi connectivity index (χ0) is 18.5. The molecule has 0 bridgehead atoms. The van der Waals surface area contributed by atoms with E-state index in [9.17, 15) is 4.79 Å². The predicted octanol–water partition coefficient (Wildman–Crippen LogP) is 4.61. The number of nitrogens with zero attached hydrogens (tertiary/aromatic N) is 2. The molecule has 26 heavy (non-hydrogen) atoms. The molecular formula is C21H22N2O2S. The lowest BCUT2D eigenvalue weighted by molar-refractivity contribution is 0.0779. The Bertz CT molecular complexity index is 870. The number of thiazole rings is 1. The molecule has 1 amide bonds. The van der Waals surface area contributed by atoms with Crippen molar-refractivity contribution >= 4 is 17.2 Å². The first-order valence-corrected chi connectivity index (χ1v) is 9.34. The molecule has 0 radical (unpaired) electrons. The molecule has 3 rings (SSSR count). The molecule has 0 aliphatic carbocycles. The summed E-state index contributed by atoms with van der Waals surface area (Å²) in [5.74, 6) is 0.721. The summed E-state index contributed by atoms with van der Waals surface area (Å²) in [7, 11) is 1.80. The van der Waals surface area contributed by atoms with Gasteiger partial charge in [-0.2, -0.15) is 0 Å². The Hall–Kier alpha value is -2.66. The molecule has 0 unspecified atom stereocenters. The molecule has 3 aromatic rings. The van der Waals surface area contributed by atoms with Gasteiger partial charge in [0.25, 0.3) is 5.91 Å². The number of aromatic nitrogens is 1. The van der Waals surface area contributed by atoms with Crippen LogP contribution in [-0.2, 0) is 13.2 Å². The van der Waals surface area contributed by atoms with Gasteiger partial charge in [0, 0.05) is 19.0 Å². The van der Waals surface area contributed by atoms with Gasteiger partial charge in [-0.25, -0.2) is 4.98 Å². The summed E-state index contributed by atoms with van der Waals surface area (Å²) in [6, 6.07) is 16.1. The minimum atomic E-state index is -0.0802. The second-order valence-electron chi connectivity index (χ2n) is 6.38. The minimum Gasteiger partial charge on any atom is -0.486 e. The fourth-order valence-electron chi connectivity index (χ4n) is 2.49. The third kappa shape index (κ3) is 4.70. The number of amides is 1. The number of carbonyl (C=O) groups excluding carboxylic acids is 1. The highest BCUT2D eigenvalue weighted by molar-refractivity contribution is 7.09. The van der Waals surface area contributed by atoms with E-state index in [1.54, 1.807) is 17.3 Å². The van der Waals surface area contributed by atoms with E-state index in [1.165, 1.54) is 22.5 Å². The molecule has 0 aliphatic rings. The maximum Gasteiger partial charge on any atom is 0.273 e. The Morgan fingerprint density at radius 3 is 2.31 bits per heavy atom. The van der Waals surface area contributed by atoms with Crippen molar-refractivity contribution in [3.8, 4) is 5.75 Å². The number of hydrogen-bond donors (Lipinski definition) is 0. The average Bonchev–Trinajstić information content (AvgIpc) is 3.11. The molecular weight excluding hydrogens is 344 g/mol. The molecule has 1 heterocycles. The fourth-order valence-corrected chi connectivity index (χ4v) is 3.17. The van der Waals surface area contributed by atoms with Crippen LogP contribution in [0.3, 0.4) is 0 Å². The van der Waals surface area contributed by atoms with Crippen LogP contribution in [0.5, 0.6) is 5.75 Å². The average molecular weight is 366 g/mol. The van der Waals surface area contributed by atoms with Gasteiger partial charge in [-0.1, -0.05) is 47.5 Å². The van der Waals surface area contributed by atoms with Crippen LogP contribution in [-0.4, -0.2) is 22.8 Å². The van der Waals surface area contributed by atoms with E-state index in [4.69, 9.17) is 4.74 Å². The molecule has 0 aliphatic heterocycles. The van der Waals surface area contributed by atoms with Gasteiger partial charge >= 0.3 is 0 Å². The van der Waals surface area contributed by atoms with Crippen molar-refractivity contribution in [2.45, 2.75) is 27.0 Å². The zero-order valence-electron chi connectivity index (χ0n) is 15.2. The standard InChI is InChI=1S/C21H22N2O2S/c1-15-4-8-17(9-5-15)12-23(3)21(24)19-14-26-20(22-19)13-25-18-10-6-16(2)7-11-18/h4-11,14H,12-13H2,1-3H3. The quantitative estimate of drug-likeness (QED) is 0.640. The Balaban J connectivity index is 1.58. The maximum atomic E-state index is 12.6. The predicted molar refractivity (Wildman–Crippen MR) is 105 cm³/mol. The highest BCUT2D eigenvalue weighted by Gasteiger charge is 2.16. The topological polar surface area (TPSA) is 42.4 Å². The van der Waals surface area contributed by atoms with Gasteiger partial charge in [0.2, 0.25) is 0 Å². The lowest BCUT2D eigenvalue weighted by Gasteiger charge is -2.16. The molecule has 5 heteroatoms. The third-order valence-electron chi connectivity index (χ3n) is 4.04. The van der Waals surface area contributed by atoms with Crippen molar-refractivity contribution in [3.05, 3.63) is 81.3 Å². The maximum absolute atomic E-state index is 12.6. The van der Waals surface area contributed by atoms with E-state index in [1.807, 2.05) is 50.2 Å². The van der Waals surface area contributed by atoms with E-state index < -0.39 is 0 Å². The third-order valence-corrected chi connectivity index (χ3v) is 4.86. The van der Waals surface area contributed by atoms with Crippen molar-refractivity contribution in [3.63, 3.8) is 0 Å². The summed E-state index contributed by atoms with van der Waals surface area (Å²) in [6.45, 7) is 5.01. The highest BCUT2D eigenvalue weighted by Crippen LogP contribution is 2.17. The number of ether oxygens (including phenoxy) is 1. The van der Waals surface area contributed by atoms with E-state index >= 15 is 0 Å². The number of aryl methyl sites for hydroxylation is 2.